The highest BCUT2D eigenvalue weighted by Gasteiger charge is 2.30. The van der Waals surface area contributed by atoms with E-state index in [0.29, 0.717) is 6.04 Å². The Hall–Kier alpha value is -1.61. The first-order chi connectivity index (χ1) is 10.3. The van der Waals surface area contributed by atoms with Crippen molar-refractivity contribution in [2.45, 2.75) is 45.7 Å². The summed E-state index contributed by atoms with van der Waals surface area (Å²) in [6, 6.07) is 13.0. The summed E-state index contributed by atoms with van der Waals surface area (Å²) in [6.45, 7) is 5.57. The summed E-state index contributed by atoms with van der Waals surface area (Å²) < 4.78 is 1.95. The Kier molecular flexibility index (Phi) is 4.39. The summed E-state index contributed by atoms with van der Waals surface area (Å²) in [5.74, 6) is 1.68. The maximum atomic E-state index is 4.66. The molecule has 3 heteroatoms. The molecule has 0 radical (unpaired) electrons. The summed E-state index contributed by atoms with van der Waals surface area (Å²) in [7, 11) is 0. The molecule has 3 unspecified atom stereocenters. The second-order valence-electron chi connectivity index (χ2n) is 6.18. The number of para-hydroxylation sites is 1. The van der Waals surface area contributed by atoms with E-state index in [1.54, 1.807) is 0 Å². The molecule has 0 amide bonds. The van der Waals surface area contributed by atoms with Crippen molar-refractivity contribution in [2.75, 3.05) is 0 Å². The van der Waals surface area contributed by atoms with Crippen LogP contribution in [0.4, 0.5) is 0 Å². The maximum absolute atomic E-state index is 4.66. The van der Waals surface area contributed by atoms with Gasteiger partial charge in [0.15, 0.2) is 0 Å². The molecule has 0 aliphatic heterocycles. The molecule has 1 aromatic heterocycles. The lowest BCUT2D eigenvalue weighted by Gasteiger charge is -2.20. The maximum Gasteiger partial charge on any atom is 0.0766 e. The van der Waals surface area contributed by atoms with Crippen LogP contribution in [-0.4, -0.2) is 15.8 Å². The zero-order valence-electron chi connectivity index (χ0n) is 13.0. The number of nitrogens with zero attached hydrogens (tertiary/aromatic N) is 2. The van der Waals surface area contributed by atoms with Crippen LogP contribution in [0.2, 0.25) is 0 Å². The summed E-state index contributed by atoms with van der Waals surface area (Å²) >= 11 is 0. The van der Waals surface area contributed by atoms with Gasteiger partial charge in [-0.3, -0.25) is 0 Å². The first-order valence-corrected chi connectivity index (χ1v) is 8.11. The highest BCUT2D eigenvalue weighted by Crippen LogP contribution is 2.33. The van der Waals surface area contributed by atoms with E-state index < -0.39 is 0 Å². The molecule has 1 heterocycles. The van der Waals surface area contributed by atoms with Gasteiger partial charge in [-0.2, -0.15) is 5.10 Å². The Morgan fingerprint density at radius 3 is 2.71 bits per heavy atom. The van der Waals surface area contributed by atoms with Crippen molar-refractivity contribution < 1.29 is 0 Å². The van der Waals surface area contributed by atoms with E-state index in [1.165, 1.54) is 19.3 Å². The Bertz CT molecular complexity index is 561. The van der Waals surface area contributed by atoms with E-state index in [-0.39, 0.29) is 0 Å². The van der Waals surface area contributed by atoms with E-state index in [0.717, 1.165) is 29.8 Å². The minimum Gasteiger partial charge on any atom is -0.308 e. The molecule has 3 atom stereocenters. The van der Waals surface area contributed by atoms with Crippen molar-refractivity contribution in [3.8, 4) is 5.69 Å². The molecular formula is C18H25N3. The molecule has 2 aromatic rings. The zero-order valence-corrected chi connectivity index (χ0v) is 13.0. The fraction of sp³-hybridized carbons (Fsp3) is 0.500. The molecule has 0 saturated heterocycles. The first-order valence-electron chi connectivity index (χ1n) is 8.11. The summed E-state index contributed by atoms with van der Waals surface area (Å²) in [5.41, 5.74) is 2.23. The van der Waals surface area contributed by atoms with Crippen LogP contribution in [0.1, 0.15) is 38.8 Å². The predicted octanol–water partition coefficient (Wildman–Crippen LogP) is 3.79. The monoisotopic (exact) mass is 283 g/mol. The number of benzene rings is 1. The highest BCUT2D eigenvalue weighted by atomic mass is 15.3. The molecule has 112 valence electrons. The van der Waals surface area contributed by atoms with Gasteiger partial charge in [-0.05, 0) is 42.9 Å². The molecule has 21 heavy (non-hydrogen) atoms. The minimum absolute atomic E-state index is 0.650. The third-order valence-corrected chi connectivity index (χ3v) is 4.96. The number of nitrogens with one attached hydrogen (secondary N) is 1. The average molecular weight is 283 g/mol. The van der Waals surface area contributed by atoms with Crippen LogP contribution in [0.3, 0.4) is 0 Å². The summed E-state index contributed by atoms with van der Waals surface area (Å²) in [6.07, 6.45) is 6.02. The molecule has 1 fully saturated rings. The van der Waals surface area contributed by atoms with Gasteiger partial charge in [0.1, 0.15) is 0 Å². The van der Waals surface area contributed by atoms with Gasteiger partial charge in [0.2, 0.25) is 0 Å². The van der Waals surface area contributed by atoms with Crippen molar-refractivity contribution in [3.05, 3.63) is 48.3 Å². The van der Waals surface area contributed by atoms with E-state index in [4.69, 9.17) is 0 Å². The van der Waals surface area contributed by atoms with Gasteiger partial charge >= 0.3 is 0 Å². The van der Waals surface area contributed by atoms with Crippen LogP contribution >= 0.6 is 0 Å². The molecule has 1 saturated carbocycles. The SMILES string of the molecule is CCC1CCC(NCc2ccn(-c3ccccc3)n2)C1C. The highest BCUT2D eigenvalue weighted by molar-refractivity contribution is 5.30. The Labute approximate surface area is 127 Å². The smallest absolute Gasteiger partial charge is 0.0766 e. The average Bonchev–Trinajstić information content (AvgIpc) is 3.13. The number of hydrogen-bond acceptors (Lipinski definition) is 2. The summed E-state index contributed by atoms with van der Waals surface area (Å²) in [5, 5.41) is 8.36. The second-order valence-corrected chi connectivity index (χ2v) is 6.18. The van der Waals surface area contributed by atoms with Crippen LogP contribution in [0, 0.1) is 11.8 Å². The van der Waals surface area contributed by atoms with Gasteiger partial charge in [0, 0.05) is 18.8 Å². The van der Waals surface area contributed by atoms with E-state index in [2.05, 4.69) is 42.5 Å². The van der Waals surface area contributed by atoms with Crippen molar-refractivity contribution >= 4 is 0 Å². The van der Waals surface area contributed by atoms with Gasteiger partial charge in [0.05, 0.1) is 11.4 Å². The topological polar surface area (TPSA) is 29.9 Å². The largest absolute Gasteiger partial charge is 0.308 e. The van der Waals surface area contributed by atoms with Gasteiger partial charge < -0.3 is 5.32 Å². The molecule has 3 rings (SSSR count). The van der Waals surface area contributed by atoms with Crippen LogP contribution in [0.5, 0.6) is 0 Å². The Morgan fingerprint density at radius 1 is 1.19 bits per heavy atom. The zero-order chi connectivity index (χ0) is 14.7. The van der Waals surface area contributed by atoms with E-state index >= 15 is 0 Å². The van der Waals surface area contributed by atoms with Gasteiger partial charge in [0.25, 0.3) is 0 Å². The number of aromatic nitrogens is 2. The quantitative estimate of drug-likeness (QED) is 0.905. The van der Waals surface area contributed by atoms with Gasteiger partial charge in [-0.15, -0.1) is 0 Å². The van der Waals surface area contributed by atoms with Crippen molar-refractivity contribution in [2.24, 2.45) is 11.8 Å². The standard InChI is InChI=1S/C18H25N3/c1-3-15-9-10-18(14(15)2)19-13-16-11-12-21(20-16)17-7-5-4-6-8-17/h4-8,11-12,14-15,18-19H,3,9-10,13H2,1-2H3. The second kappa shape index (κ2) is 6.44. The number of hydrogen-bond donors (Lipinski definition) is 1. The Balaban J connectivity index is 1.59. The first kappa shape index (κ1) is 14.3. The summed E-state index contributed by atoms with van der Waals surface area (Å²) in [4.78, 5) is 0. The number of rotatable bonds is 5. The molecule has 1 N–H and O–H groups in total. The molecule has 0 bridgehead atoms. The lowest BCUT2D eigenvalue weighted by atomic mass is 9.93. The van der Waals surface area contributed by atoms with Crippen LogP contribution < -0.4 is 5.32 Å². The lowest BCUT2D eigenvalue weighted by molar-refractivity contribution is 0.343. The van der Waals surface area contributed by atoms with E-state index in [9.17, 15) is 0 Å². The Morgan fingerprint density at radius 2 is 2.00 bits per heavy atom. The van der Waals surface area contributed by atoms with Crippen molar-refractivity contribution in [3.63, 3.8) is 0 Å². The van der Waals surface area contributed by atoms with Gasteiger partial charge in [-0.1, -0.05) is 38.5 Å². The van der Waals surface area contributed by atoms with Crippen molar-refractivity contribution in [1.82, 2.24) is 15.1 Å². The predicted molar refractivity (Wildman–Crippen MR) is 86.4 cm³/mol. The van der Waals surface area contributed by atoms with E-state index in [1.807, 2.05) is 29.1 Å². The normalized spacial score (nSPS) is 25.3. The van der Waals surface area contributed by atoms with Crippen LogP contribution in [-0.2, 0) is 6.54 Å². The van der Waals surface area contributed by atoms with Crippen LogP contribution in [0.15, 0.2) is 42.6 Å². The fourth-order valence-corrected chi connectivity index (χ4v) is 3.53. The third kappa shape index (κ3) is 3.18. The molecule has 1 aliphatic rings. The molecule has 1 aliphatic carbocycles. The lowest BCUT2D eigenvalue weighted by Crippen LogP contribution is -2.32. The van der Waals surface area contributed by atoms with Crippen LogP contribution in [0.25, 0.3) is 5.69 Å². The molecule has 0 spiro atoms. The minimum atomic E-state index is 0.650. The van der Waals surface area contributed by atoms with Crippen molar-refractivity contribution in [1.29, 1.82) is 0 Å². The third-order valence-electron chi connectivity index (χ3n) is 4.96. The molecular weight excluding hydrogens is 258 g/mol. The molecule has 3 nitrogen and oxygen atoms in total. The van der Waals surface area contributed by atoms with Gasteiger partial charge in [-0.25, -0.2) is 4.68 Å². The molecule has 1 aromatic carbocycles. The fourth-order valence-electron chi connectivity index (χ4n) is 3.53.